The summed E-state index contributed by atoms with van der Waals surface area (Å²) in [5, 5.41) is 8.74. The van der Waals surface area contributed by atoms with Crippen LogP contribution < -0.4 is 16.0 Å². The van der Waals surface area contributed by atoms with Gasteiger partial charge in [-0.15, -0.1) is 11.3 Å². The molecule has 1 aromatic carbocycles. The van der Waals surface area contributed by atoms with Crippen molar-refractivity contribution in [3.8, 4) is 22.1 Å². The summed E-state index contributed by atoms with van der Waals surface area (Å²) in [6, 6.07) is 12.8. The van der Waals surface area contributed by atoms with Gasteiger partial charge in [-0.3, -0.25) is 10.2 Å². The van der Waals surface area contributed by atoms with E-state index in [1.165, 1.54) is 4.88 Å². The van der Waals surface area contributed by atoms with Gasteiger partial charge in [0.15, 0.2) is 17.5 Å². The van der Waals surface area contributed by atoms with Crippen molar-refractivity contribution in [2.45, 2.75) is 12.6 Å². The van der Waals surface area contributed by atoms with E-state index in [1.807, 2.05) is 12.1 Å². The van der Waals surface area contributed by atoms with E-state index in [0.29, 0.717) is 36.3 Å². The Balaban J connectivity index is 1.22. The number of carbonyl (C=O) groups excluding carboxylic acids is 1. The molecule has 2 saturated heterocycles. The molecule has 3 N–H and O–H groups in total. The van der Waals surface area contributed by atoms with Crippen LogP contribution in [0.25, 0.3) is 22.1 Å². The normalized spacial score (nSPS) is 17.9. The third-order valence-electron chi connectivity index (χ3n) is 6.43. The van der Waals surface area contributed by atoms with Crippen molar-refractivity contribution in [1.29, 1.82) is 0 Å². The predicted octanol–water partition coefficient (Wildman–Crippen LogP) is 3.19. The predicted molar refractivity (Wildman–Crippen MR) is 151 cm³/mol. The molecular formula is C27H29N9O3S. The van der Waals surface area contributed by atoms with Crippen molar-refractivity contribution in [1.82, 2.24) is 35.1 Å². The van der Waals surface area contributed by atoms with E-state index >= 15 is 0 Å². The van der Waals surface area contributed by atoms with E-state index in [1.54, 1.807) is 41.9 Å². The molecular weight excluding hydrogens is 530 g/mol. The molecule has 13 heteroatoms. The second-order valence-electron chi connectivity index (χ2n) is 9.29. The fourth-order valence-corrected chi connectivity index (χ4v) is 5.38. The van der Waals surface area contributed by atoms with Crippen LogP contribution in [0.3, 0.4) is 0 Å². The van der Waals surface area contributed by atoms with Gasteiger partial charge in [-0.25, -0.2) is 29.7 Å². The summed E-state index contributed by atoms with van der Waals surface area (Å²) < 4.78 is 11.4. The summed E-state index contributed by atoms with van der Waals surface area (Å²) in [6.45, 7) is 6.33. The smallest absolute Gasteiger partial charge is 0.326 e. The van der Waals surface area contributed by atoms with Crippen molar-refractivity contribution in [2.75, 3.05) is 56.6 Å². The molecule has 2 amide bonds. The lowest BCUT2D eigenvalue weighted by atomic mass is 10.2. The van der Waals surface area contributed by atoms with Gasteiger partial charge in [0, 0.05) is 61.2 Å². The van der Waals surface area contributed by atoms with E-state index in [2.05, 4.69) is 43.0 Å². The molecule has 0 bridgehead atoms. The quantitative estimate of drug-likeness (QED) is 0.309. The van der Waals surface area contributed by atoms with Crippen LogP contribution in [0.2, 0.25) is 0 Å². The van der Waals surface area contributed by atoms with Gasteiger partial charge in [0.2, 0.25) is 5.95 Å². The summed E-state index contributed by atoms with van der Waals surface area (Å²) >= 11 is 1.69. The zero-order valence-electron chi connectivity index (χ0n) is 21.7. The Morgan fingerprint density at radius 1 is 0.975 bits per heavy atom. The highest BCUT2D eigenvalue weighted by atomic mass is 32.1. The molecule has 40 heavy (non-hydrogen) atoms. The number of thiophene rings is 1. The van der Waals surface area contributed by atoms with Crippen molar-refractivity contribution in [3.63, 3.8) is 0 Å². The Kier molecular flexibility index (Phi) is 8.25. The average molecular weight is 560 g/mol. The standard InChI is InChI=1S/C27H29N9O3S/c37-27(35-26-29-8-1-9-30-26)31-19-4-2-18(3-5-19)23-32-24(21-16-28-10-13-39-21)34-25(33-23)22-7-6-20(40-22)17-36-11-14-38-15-12-36/h1-9,21,28H,10-17H2,(H2,29,30,31,35,37). The van der Waals surface area contributed by atoms with Gasteiger partial charge >= 0.3 is 6.03 Å². The van der Waals surface area contributed by atoms with Crippen LogP contribution in [-0.4, -0.2) is 81.9 Å². The second-order valence-corrected chi connectivity index (χ2v) is 10.5. The van der Waals surface area contributed by atoms with Crippen molar-refractivity contribution >= 4 is 29.0 Å². The molecule has 2 fully saturated rings. The zero-order valence-corrected chi connectivity index (χ0v) is 22.6. The zero-order chi connectivity index (χ0) is 27.1. The van der Waals surface area contributed by atoms with Crippen LogP contribution >= 0.6 is 11.3 Å². The third-order valence-corrected chi connectivity index (χ3v) is 7.49. The highest BCUT2D eigenvalue weighted by Gasteiger charge is 2.22. The molecule has 1 atom stereocenters. The number of amides is 2. The summed E-state index contributed by atoms with van der Waals surface area (Å²) in [7, 11) is 0. The lowest BCUT2D eigenvalue weighted by Gasteiger charge is -2.25. The molecule has 6 rings (SSSR count). The first-order valence-electron chi connectivity index (χ1n) is 13.1. The number of hydrogen-bond donors (Lipinski definition) is 3. The Morgan fingerprint density at radius 2 is 1.77 bits per heavy atom. The first kappa shape index (κ1) is 26.3. The minimum atomic E-state index is -0.434. The van der Waals surface area contributed by atoms with Gasteiger partial charge < -0.3 is 20.1 Å². The molecule has 0 radical (unpaired) electrons. The molecule has 206 valence electrons. The van der Waals surface area contributed by atoms with Gasteiger partial charge in [0.1, 0.15) is 6.10 Å². The van der Waals surface area contributed by atoms with Crippen molar-refractivity contribution in [2.24, 2.45) is 0 Å². The van der Waals surface area contributed by atoms with Crippen LogP contribution in [0.4, 0.5) is 16.4 Å². The summed E-state index contributed by atoms with van der Waals surface area (Å²) in [4.78, 5) is 39.4. The molecule has 5 heterocycles. The lowest BCUT2D eigenvalue weighted by molar-refractivity contribution is 0.0221. The Labute approximate surface area is 235 Å². The molecule has 2 aliphatic rings. The van der Waals surface area contributed by atoms with Gasteiger partial charge in [-0.05, 0) is 42.5 Å². The fourth-order valence-electron chi connectivity index (χ4n) is 4.40. The average Bonchev–Trinajstić information content (AvgIpc) is 3.47. The number of aromatic nitrogens is 5. The molecule has 3 aromatic heterocycles. The topological polar surface area (TPSA) is 139 Å². The summed E-state index contributed by atoms with van der Waals surface area (Å²) in [5.41, 5.74) is 1.41. The van der Waals surface area contributed by atoms with Gasteiger partial charge in [-0.1, -0.05) is 0 Å². The van der Waals surface area contributed by atoms with Crippen LogP contribution in [0.15, 0.2) is 54.9 Å². The molecule has 4 aromatic rings. The molecule has 2 aliphatic heterocycles. The van der Waals surface area contributed by atoms with Crippen LogP contribution in [0, 0.1) is 0 Å². The SMILES string of the molecule is O=C(Nc1ccc(-c2nc(-c3ccc(CN4CCOCC4)s3)nc(C3CNCCO3)n2)cc1)Nc1ncccn1. The molecule has 1 unspecified atom stereocenters. The number of rotatable bonds is 7. The van der Waals surface area contributed by atoms with Gasteiger partial charge in [-0.2, -0.15) is 0 Å². The van der Waals surface area contributed by atoms with E-state index in [-0.39, 0.29) is 12.1 Å². The maximum absolute atomic E-state index is 12.3. The molecule has 0 saturated carbocycles. The summed E-state index contributed by atoms with van der Waals surface area (Å²) in [5.74, 6) is 1.99. The number of nitrogens with zero attached hydrogens (tertiary/aromatic N) is 6. The number of hydrogen-bond acceptors (Lipinski definition) is 11. The minimum Gasteiger partial charge on any atom is -0.379 e. The van der Waals surface area contributed by atoms with E-state index in [4.69, 9.17) is 24.4 Å². The first-order valence-corrected chi connectivity index (χ1v) is 13.9. The van der Waals surface area contributed by atoms with E-state index < -0.39 is 6.03 Å². The van der Waals surface area contributed by atoms with E-state index in [0.717, 1.165) is 49.8 Å². The highest BCUT2D eigenvalue weighted by molar-refractivity contribution is 7.15. The number of carbonyl (C=O) groups is 1. The number of nitrogens with one attached hydrogen (secondary N) is 3. The number of urea groups is 1. The third kappa shape index (κ3) is 6.63. The number of anilines is 2. The van der Waals surface area contributed by atoms with Crippen LogP contribution in [0.1, 0.15) is 16.8 Å². The highest BCUT2D eigenvalue weighted by Crippen LogP contribution is 2.30. The van der Waals surface area contributed by atoms with Gasteiger partial charge in [0.25, 0.3) is 0 Å². The first-order chi connectivity index (χ1) is 19.7. The Morgan fingerprint density at radius 3 is 2.55 bits per heavy atom. The van der Waals surface area contributed by atoms with Crippen LogP contribution in [-0.2, 0) is 16.0 Å². The maximum atomic E-state index is 12.3. The van der Waals surface area contributed by atoms with Crippen LogP contribution in [0.5, 0.6) is 0 Å². The number of ether oxygens (including phenoxy) is 2. The second kappa shape index (κ2) is 12.5. The minimum absolute atomic E-state index is 0.225. The molecule has 0 spiro atoms. The van der Waals surface area contributed by atoms with E-state index in [9.17, 15) is 4.79 Å². The maximum Gasteiger partial charge on any atom is 0.326 e. The van der Waals surface area contributed by atoms with Crippen molar-refractivity contribution < 1.29 is 14.3 Å². The Hall–Kier alpha value is -3.88. The Bertz CT molecular complexity index is 1420. The van der Waals surface area contributed by atoms with Crippen molar-refractivity contribution in [3.05, 3.63) is 65.6 Å². The number of benzene rings is 1. The monoisotopic (exact) mass is 559 g/mol. The number of morpholine rings is 2. The van der Waals surface area contributed by atoms with Gasteiger partial charge in [0.05, 0.1) is 24.7 Å². The summed E-state index contributed by atoms with van der Waals surface area (Å²) in [6.07, 6.45) is 2.86. The lowest BCUT2D eigenvalue weighted by Crippen LogP contribution is -2.35. The fraction of sp³-hybridized carbons (Fsp3) is 0.333. The molecule has 12 nitrogen and oxygen atoms in total. The molecule has 0 aliphatic carbocycles. The largest absolute Gasteiger partial charge is 0.379 e.